The van der Waals surface area contributed by atoms with Gasteiger partial charge < -0.3 is 10.6 Å². The summed E-state index contributed by atoms with van der Waals surface area (Å²) in [5.74, 6) is -0.102. The zero-order chi connectivity index (χ0) is 20.4. The lowest BCUT2D eigenvalue weighted by atomic mass is 9.97. The SMILES string of the molecule is CNC(C)CNC(=O)C1CCN(S(=O)(=O)c2c(C)c(C)cc(C)c2C)CC1. The second kappa shape index (κ2) is 8.71. The summed E-state index contributed by atoms with van der Waals surface area (Å²) >= 11 is 0. The van der Waals surface area contributed by atoms with Crippen LogP contribution in [0.5, 0.6) is 0 Å². The van der Waals surface area contributed by atoms with Crippen molar-refractivity contribution in [1.29, 1.82) is 0 Å². The van der Waals surface area contributed by atoms with Crippen molar-refractivity contribution >= 4 is 15.9 Å². The third-order valence-corrected chi connectivity index (χ3v) is 7.97. The van der Waals surface area contributed by atoms with Crippen molar-refractivity contribution in [2.45, 2.75) is 58.4 Å². The Balaban J connectivity index is 2.11. The average molecular weight is 396 g/mol. The van der Waals surface area contributed by atoms with E-state index in [4.69, 9.17) is 0 Å². The third kappa shape index (κ3) is 4.70. The van der Waals surface area contributed by atoms with Crippen LogP contribution in [0, 0.1) is 33.6 Å². The number of nitrogens with zero attached hydrogens (tertiary/aromatic N) is 1. The van der Waals surface area contributed by atoms with Gasteiger partial charge in [-0.05, 0) is 76.8 Å². The van der Waals surface area contributed by atoms with Gasteiger partial charge in [0.1, 0.15) is 0 Å². The molecular weight excluding hydrogens is 362 g/mol. The number of amides is 1. The average Bonchev–Trinajstić information content (AvgIpc) is 2.64. The van der Waals surface area contributed by atoms with E-state index in [1.54, 1.807) is 4.31 Å². The van der Waals surface area contributed by atoms with Gasteiger partial charge in [0.25, 0.3) is 0 Å². The monoisotopic (exact) mass is 395 g/mol. The minimum absolute atomic E-state index is 0.0212. The molecule has 1 aliphatic rings. The number of aryl methyl sites for hydroxylation is 2. The number of carbonyl (C=O) groups is 1. The zero-order valence-electron chi connectivity index (χ0n) is 17.3. The maximum atomic E-state index is 13.3. The molecule has 152 valence electrons. The number of likely N-dealkylation sites (N-methyl/N-ethyl adjacent to an activating group) is 1. The molecule has 0 radical (unpaired) electrons. The Hall–Kier alpha value is -1.44. The summed E-state index contributed by atoms with van der Waals surface area (Å²) in [5.41, 5.74) is 3.62. The van der Waals surface area contributed by atoms with Gasteiger partial charge in [0, 0.05) is 31.6 Å². The fourth-order valence-electron chi connectivity index (χ4n) is 3.56. The molecule has 1 saturated heterocycles. The molecule has 1 heterocycles. The largest absolute Gasteiger partial charge is 0.354 e. The number of hydrogen-bond donors (Lipinski definition) is 2. The standard InChI is InChI=1S/C20H33N3O3S/c1-13-11-14(2)17(5)19(16(13)4)27(25,26)23-9-7-18(8-10-23)20(24)22-12-15(3)21-6/h11,15,18,21H,7-10,12H2,1-6H3,(H,22,24). The fourth-order valence-corrected chi connectivity index (χ4v) is 5.60. The van der Waals surface area contributed by atoms with Crippen LogP contribution in [0.1, 0.15) is 42.0 Å². The normalized spacial score (nSPS) is 17.7. The summed E-state index contributed by atoms with van der Waals surface area (Å²) in [6.07, 6.45) is 1.11. The Morgan fingerprint density at radius 3 is 2.15 bits per heavy atom. The van der Waals surface area contributed by atoms with E-state index in [1.807, 2.05) is 47.7 Å². The van der Waals surface area contributed by atoms with Gasteiger partial charge in [0.05, 0.1) is 4.90 Å². The van der Waals surface area contributed by atoms with Gasteiger partial charge in [-0.15, -0.1) is 0 Å². The van der Waals surface area contributed by atoms with Gasteiger partial charge in [-0.2, -0.15) is 4.31 Å². The van der Waals surface area contributed by atoms with Crippen LogP contribution in [0.2, 0.25) is 0 Å². The fraction of sp³-hybridized carbons (Fsp3) is 0.650. The van der Waals surface area contributed by atoms with Gasteiger partial charge in [-0.25, -0.2) is 8.42 Å². The summed E-state index contributed by atoms with van der Waals surface area (Å²) in [6, 6.07) is 2.25. The van der Waals surface area contributed by atoms with E-state index >= 15 is 0 Å². The van der Waals surface area contributed by atoms with Crippen LogP contribution >= 0.6 is 0 Å². The molecule has 0 aliphatic carbocycles. The van der Waals surface area contributed by atoms with E-state index < -0.39 is 10.0 Å². The van der Waals surface area contributed by atoms with E-state index in [1.165, 1.54) is 0 Å². The highest BCUT2D eigenvalue weighted by Gasteiger charge is 2.34. The maximum absolute atomic E-state index is 13.3. The van der Waals surface area contributed by atoms with Crippen molar-refractivity contribution in [3.05, 3.63) is 28.3 Å². The van der Waals surface area contributed by atoms with Gasteiger partial charge >= 0.3 is 0 Å². The van der Waals surface area contributed by atoms with E-state index in [-0.39, 0.29) is 17.9 Å². The molecule has 0 aromatic heterocycles. The molecule has 2 N–H and O–H groups in total. The molecule has 1 fully saturated rings. The topological polar surface area (TPSA) is 78.5 Å². The first kappa shape index (κ1) is 21.9. The molecule has 1 aliphatic heterocycles. The van der Waals surface area contributed by atoms with Crippen LogP contribution in [0.4, 0.5) is 0 Å². The quantitative estimate of drug-likeness (QED) is 0.773. The molecular formula is C20H33N3O3S. The molecule has 0 saturated carbocycles. The number of nitrogens with one attached hydrogen (secondary N) is 2. The maximum Gasteiger partial charge on any atom is 0.243 e. The number of rotatable bonds is 6. The minimum Gasteiger partial charge on any atom is -0.354 e. The molecule has 1 atom stereocenters. The number of sulfonamides is 1. The van der Waals surface area contributed by atoms with Crippen molar-refractivity contribution in [3.63, 3.8) is 0 Å². The lowest BCUT2D eigenvalue weighted by Crippen LogP contribution is -2.45. The molecule has 1 aromatic carbocycles. The van der Waals surface area contributed by atoms with Gasteiger partial charge in [0.2, 0.25) is 15.9 Å². The molecule has 7 heteroatoms. The van der Waals surface area contributed by atoms with Gasteiger partial charge in [-0.3, -0.25) is 4.79 Å². The number of benzene rings is 1. The van der Waals surface area contributed by atoms with E-state index in [2.05, 4.69) is 10.6 Å². The van der Waals surface area contributed by atoms with Gasteiger partial charge in [0.15, 0.2) is 0 Å². The summed E-state index contributed by atoms with van der Waals surface area (Å²) < 4.78 is 28.1. The van der Waals surface area contributed by atoms with Crippen LogP contribution in [0.25, 0.3) is 0 Å². The van der Waals surface area contributed by atoms with Crippen LogP contribution in [-0.4, -0.2) is 51.4 Å². The number of piperidine rings is 1. The van der Waals surface area contributed by atoms with Crippen LogP contribution in [0.15, 0.2) is 11.0 Å². The Labute approximate surface area is 163 Å². The Morgan fingerprint density at radius 1 is 1.15 bits per heavy atom. The Kier molecular flexibility index (Phi) is 7.05. The minimum atomic E-state index is -3.56. The molecule has 6 nitrogen and oxygen atoms in total. The van der Waals surface area contributed by atoms with Crippen LogP contribution in [0.3, 0.4) is 0 Å². The van der Waals surface area contributed by atoms with E-state index in [0.29, 0.717) is 37.4 Å². The summed E-state index contributed by atoms with van der Waals surface area (Å²) in [5, 5.41) is 6.04. The zero-order valence-corrected chi connectivity index (χ0v) is 18.2. The van der Waals surface area contributed by atoms with Crippen LogP contribution < -0.4 is 10.6 Å². The van der Waals surface area contributed by atoms with Crippen molar-refractivity contribution in [2.24, 2.45) is 5.92 Å². The first-order valence-electron chi connectivity index (χ1n) is 9.62. The van der Waals surface area contributed by atoms with E-state index in [9.17, 15) is 13.2 Å². The Bertz CT molecular complexity index is 771. The molecule has 27 heavy (non-hydrogen) atoms. The second-order valence-corrected chi connectivity index (χ2v) is 9.58. The molecule has 0 spiro atoms. The molecule has 1 amide bonds. The lowest BCUT2D eigenvalue weighted by molar-refractivity contribution is -0.126. The Morgan fingerprint density at radius 2 is 1.67 bits per heavy atom. The van der Waals surface area contributed by atoms with Crippen molar-refractivity contribution in [1.82, 2.24) is 14.9 Å². The molecule has 1 unspecified atom stereocenters. The van der Waals surface area contributed by atoms with Crippen LogP contribution in [-0.2, 0) is 14.8 Å². The van der Waals surface area contributed by atoms with E-state index in [0.717, 1.165) is 22.3 Å². The van der Waals surface area contributed by atoms with Crippen molar-refractivity contribution in [3.8, 4) is 0 Å². The smallest absolute Gasteiger partial charge is 0.243 e. The predicted molar refractivity (Wildman–Crippen MR) is 108 cm³/mol. The third-order valence-electron chi connectivity index (χ3n) is 5.80. The molecule has 0 bridgehead atoms. The second-order valence-electron chi connectivity index (χ2n) is 7.70. The lowest BCUT2D eigenvalue weighted by Gasteiger charge is -2.32. The summed E-state index contributed by atoms with van der Waals surface area (Å²) in [7, 11) is -1.70. The predicted octanol–water partition coefficient (Wildman–Crippen LogP) is 2.05. The van der Waals surface area contributed by atoms with Crippen molar-refractivity contribution in [2.75, 3.05) is 26.7 Å². The number of carbonyl (C=O) groups excluding carboxylic acids is 1. The highest BCUT2D eigenvalue weighted by atomic mass is 32.2. The summed E-state index contributed by atoms with van der Waals surface area (Å²) in [4.78, 5) is 12.8. The molecule has 1 aromatic rings. The highest BCUT2D eigenvalue weighted by Crippen LogP contribution is 2.31. The summed E-state index contributed by atoms with van der Waals surface area (Å²) in [6.45, 7) is 11.0. The number of hydrogen-bond acceptors (Lipinski definition) is 4. The first-order valence-corrected chi connectivity index (χ1v) is 11.1. The highest BCUT2D eigenvalue weighted by molar-refractivity contribution is 7.89. The first-order chi connectivity index (χ1) is 12.6. The van der Waals surface area contributed by atoms with Crippen molar-refractivity contribution < 1.29 is 13.2 Å². The molecule has 2 rings (SSSR count). The van der Waals surface area contributed by atoms with Gasteiger partial charge in [-0.1, -0.05) is 6.07 Å².